The highest BCUT2D eigenvalue weighted by atomic mass is 16.5. The second-order valence-electron chi connectivity index (χ2n) is 6.37. The van der Waals surface area contributed by atoms with Gasteiger partial charge in [-0.25, -0.2) is 0 Å². The van der Waals surface area contributed by atoms with Crippen molar-refractivity contribution in [3.05, 3.63) is 36.3 Å². The van der Waals surface area contributed by atoms with Crippen LogP contribution in [-0.4, -0.2) is 40.4 Å². The van der Waals surface area contributed by atoms with Gasteiger partial charge in [-0.3, -0.25) is 9.97 Å². The van der Waals surface area contributed by atoms with Gasteiger partial charge in [0.05, 0.1) is 23.8 Å². The second kappa shape index (κ2) is 5.87. The lowest BCUT2D eigenvalue weighted by atomic mass is 10.1. The molecule has 0 unspecified atom stereocenters. The summed E-state index contributed by atoms with van der Waals surface area (Å²) >= 11 is 0. The normalized spacial score (nSPS) is 21.4. The van der Waals surface area contributed by atoms with Crippen LogP contribution in [0, 0.1) is 6.92 Å². The molecule has 0 spiro atoms. The zero-order valence-electron chi connectivity index (χ0n) is 14.1. The molecular weight excluding hydrogens is 304 g/mol. The Morgan fingerprint density at radius 3 is 2.62 bits per heavy atom. The van der Waals surface area contributed by atoms with Crippen LogP contribution in [0.4, 0.5) is 5.69 Å². The number of ether oxygens (including phenoxy) is 1. The topological polar surface area (TPSA) is 64.3 Å². The number of anilines is 1. The molecule has 1 saturated heterocycles. The van der Waals surface area contributed by atoms with Crippen molar-refractivity contribution in [2.75, 3.05) is 18.0 Å². The molecule has 2 aromatic heterocycles. The van der Waals surface area contributed by atoms with Crippen molar-refractivity contribution in [3.63, 3.8) is 0 Å². The summed E-state index contributed by atoms with van der Waals surface area (Å²) in [4.78, 5) is 10.8. The van der Waals surface area contributed by atoms with E-state index in [0.29, 0.717) is 0 Å². The lowest BCUT2D eigenvalue weighted by Gasteiger charge is -2.37. The third-order valence-electron chi connectivity index (χ3n) is 4.43. The van der Waals surface area contributed by atoms with Gasteiger partial charge in [-0.2, -0.15) is 0 Å². The zero-order valence-corrected chi connectivity index (χ0v) is 14.1. The highest BCUT2D eigenvalue weighted by molar-refractivity contribution is 5.94. The van der Waals surface area contributed by atoms with Crippen molar-refractivity contribution in [1.82, 2.24) is 15.1 Å². The molecule has 6 heteroatoms. The van der Waals surface area contributed by atoms with E-state index in [1.165, 1.54) is 5.69 Å². The van der Waals surface area contributed by atoms with Gasteiger partial charge in [0.2, 0.25) is 0 Å². The summed E-state index contributed by atoms with van der Waals surface area (Å²) in [5.41, 5.74) is 4.52. The van der Waals surface area contributed by atoms with Gasteiger partial charge in [0.25, 0.3) is 0 Å². The smallest absolute Gasteiger partial charge is 0.172 e. The number of morpholine rings is 1. The Hall–Kier alpha value is -2.47. The second-order valence-corrected chi connectivity index (χ2v) is 6.37. The maximum Gasteiger partial charge on any atom is 0.172 e. The third kappa shape index (κ3) is 2.53. The molecule has 1 aromatic carbocycles. The Morgan fingerprint density at radius 2 is 1.92 bits per heavy atom. The first-order valence-corrected chi connectivity index (χ1v) is 8.19. The zero-order chi connectivity index (χ0) is 16.7. The number of hydrogen-bond donors (Lipinski definition) is 0. The van der Waals surface area contributed by atoms with Crippen molar-refractivity contribution >= 4 is 16.7 Å². The van der Waals surface area contributed by atoms with Crippen LogP contribution in [0.1, 0.15) is 19.4 Å². The molecule has 1 aliphatic heterocycles. The maximum absolute atomic E-state index is 5.83. The van der Waals surface area contributed by atoms with Gasteiger partial charge >= 0.3 is 0 Å². The molecule has 1 aliphatic rings. The predicted octanol–water partition coefficient (Wildman–Crippen LogP) is 3.21. The average Bonchev–Trinajstić information content (AvgIpc) is 3.00. The lowest BCUT2D eigenvalue weighted by Crippen LogP contribution is -2.45. The molecule has 124 valence electrons. The minimum Gasteiger partial charge on any atom is -0.372 e. The molecule has 24 heavy (non-hydrogen) atoms. The van der Waals surface area contributed by atoms with Crippen LogP contribution in [0.25, 0.3) is 22.4 Å². The molecular formula is C18H20N4O2. The Labute approximate surface area is 140 Å². The number of nitrogens with zero attached hydrogens (tertiary/aromatic N) is 4. The number of benzene rings is 1. The molecule has 4 rings (SSSR count). The van der Waals surface area contributed by atoms with Gasteiger partial charge < -0.3 is 14.2 Å². The molecule has 0 amide bonds. The predicted molar refractivity (Wildman–Crippen MR) is 92.0 cm³/mol. The first-order valence-electron chi connectivity index (χ1n) is 8.19. The van der Waals surface area contributed by atoms with Gasteiger partial charge in [-0.05, 0) is 32.9 Å². The van der Waals surface area contributed by atoms with Crippen LogP contribution >= 0.6 is 0 Å². The van der Waals surface area contributed by atoms with Crippen LogP contribution in [0.2, 0.25) is 0 Å². The summed E-state index contributed by atoms with van der Waals surface area (Å²) < 4.78 is 11.5. The summed E-state index contributed by atoms with van der Waals surface area (Å²) in [7, 11) is 0. The fourth-order valence-electron chi connectivity index (χ4n) is 3.45. The minimum absolute atomic E-state index is 0.216. The van der Waals surface area contributed by atoms with Gasteiger partial charge in [0, 0.05) is 36.7 Å². The first kappa shape index (κ1) is 15.1. The molecule has 3 aromatic rings. The number of fused-ring (bicyclic) bond motifs is 1. The largest absolute Gasteiger partial charge is 0.372 e. The maximum atomic E-state index is 5.83. The molecule has 1 fully saturated rings. The van der Waals surface area contributed by atoms with Crippen molar-refractivity contribution in [2.45, 2.75) is 33.0 Å². The summed E-state index contributed by atoms with van der Waals surface area (Å²) in [6.45, 7) is 8.05. The van der Waals surface area contributed by atoms with Gasteiger partial charge in [0.15, 0.2) is 5.58 Å². The molecule has 3 heterocycles. The highest BCUT2D eigenvalue weighted by Crippen LogP contribution is 2.34. The Balaban J connectivity index is 1.77. The molecule has 2 atom stereocenters. The first-order chi connectivity index (χ1) is 11.6. The fourth-order valence-corrected chi connectivity index (χ4v) is 3.45. The van der Waals surface area contributed by atoms with E-state index in [9.17, 15) is 0 Å². The van der Waals surface area contributed by atoms with Crippen molar-refractivity contribution in [1.29, 1.82) is 0 Å². The highest BCUT2D eigenvalue weighted by Gasteiger charge is 2.25. The van der Waals surface area contributed by atoms with Gasteiger partial charge in [-0.15, -0.1) is 0 Å². The molecule has 0 aliphatic carbocycles. The molecule has 6 nitrogen and oxygen atoms in total. The monoisotopic (exact) mass is 324 g/mol. The van der Waals surface area contributed by atoms with Gasteiger partial charge in [-0.1, -0.05) is 5.16 Å². The summed E-state index contributed by atoms with van der Waals surface area (Å²) in [6.07, 6.45) is 5.44. The summed E-state index contributed by atoms with van der Waals surface area (Å²) in [5.74, 6) is 0. The van der Waals surface area contributed by atoms with Crippen molar-refractivity contribution in [2.24, 2.45) is 0 Å². The van der Waals surface area contributed by atoms with Crippen LogP contribution < -0.4 is 4.90 Å². The van der Waals surface area contributed by atoms with E-state index < -0.39 is 0 Å². The van der Waals surface area contributed by atoms with E-state index in [2.05, 4.69) is 52.9 Å². The minimum atomic E-state index is 0.216. The van der Waals surface area contributed by atoms with Crippen LogP contribution in [0.15, 0.2) is 35.2 Å². The standard InChI is InChI=1S/C18H20N4O2/c1-11-9-22(10-12(2)23-11)16-5-4-14-17(15-8-19-6-7-20-15)21-24-18(14)13(16)3/h4-8,11-12H,9-10H2,1-3H3/t11-,12+. The van der Waals surface area contributed by atoms with E-state index in [1.807, 2.05) is 0 Å². The van der Waals surface area contributed by atoms with E-state index in [1.54, 1.807) is 18.6 Å². The quantitative estimate of drug-likeness (QED) is 0.721. The van der Waals surface area contributed by atoms with Crippen molar-refractivity contribution in [3.8, 4) is 11.4 Å². The molecule has 0 bridgehead atoms. The third-order valence-corrected chi connectivity index (χ3v) is 4.43. The van der Waals surface area contributed by atoms with E-state index in [0.717, 1.165) is 41.0 Å². The van der Waals surface area contributed by atoms with E-state index in [-0.39, 0.29) is 12.2 Å². The number of aromatic nitrogens is 3. The van der Waals surface area contributed by atoms with Crippen LogP contribution in [0.3, 0.4) is 0 Å². The van der Waals surface area contributed by atoms with Crippen molar-refractivity contribution < 1.29 is 9.26 Å². The van der Waals surface area contributed by atoms with E-state index in [4.69, 9.17) is 9.26 Å². The number of rotatable bonds is 2. The molecule has 0 N–H and O–H groups in total. The Kier molecular flexibility index (Phi) is 3.69. The van der Waals surface area contributed by atoms with Crippen LogP contribution in [-0.2, 0) is 4.74 Å². The van der Waals surface area contributed by atoms with Gasteiger partial charge in [0.1, 0.15) is 11.4 Å². The number of hydrogen-bond acceptors (Lipinski definition) is 6. The Bertz CT molecular complexity index is 852. The summed E-state index contributed by atoms with van der Waals surface area (Å²) in [6, 6.07) is 4.20. The lowest BCUT2D eigenvalue weighted by molar-refractivity contribution is -0.00524. The SMILES string of the molecule is Cc1c(N2C[C@@H](C)O[C@@H](C)C2)ccc2c(-c3cnccn3)noc12. The number of aryl methyl sites for hydroxylation is 1. The Morgan fingerprint density at radius 1 is 1.12 bits per heavy atom. The fraction of sp³-hybridized carbons (Fsp3) is 0.389. The summed E-state index contributed by atoms with van der Waals surface area (Å²) in [5, 5.41) is 5.19. The average molecular weight is 324 g/mol. The molecule has 0 radical (unpaired) electrons. The van der Waals surface area contributed by atoms with Crippen LogP contribution in [0.5, 0.6) is 0 Å². The van der Waals surface area contributed by atoms with E-state index >= 15 is 0 Å². The molecule has 0 saturated carbocycles.